The van der Waals surface area contributed by atoms with Gasteiger partial charge in [-0.1, -0.05) is 23.2 Å². The van der Waals surface area contributed by atoms with Crippen molar-refractivity contribution in [3.63, 3.8) is 0 Å². The zero-order valence-electron chi connectivity index (χ0n) is 16.3. The number of benzene rings is 2. The summed E-state index contributed by atoms with van der Waals surface area (Å²) in [7, 11) is -3.52. The molecule has 1 fully saturated rings. The van der Waals surface area contributed by atoms with E-state index < -0.39 is 35.1 Å². The molecule has 0 aromatic heterocycles. The van der Waals surface area contributed by atoms with Gasteiger partial charge >= 0.3 is 5.97 Å². The van der Waals surface area contributed by atoms with Gasteiger partial charge < -0.3 is 14.8 Å². The molecule has 8 nitrogen and oxygen atoms in total. The molecule has 1 heterocycles. The van der Waals surface area contributed by atoms with Gasteiger partial charge in [-0.05, 0) is 55.3 Å². The minimum atomic E-state index is -3.52. The number of carbonyl (C=O) groups excluding carboxylic acids is 2. The molecule has 1 aliphatic heterocycles. The van der Waals surface area contributed by atoms with Crippen LogP contribution in [0.4, 0.5) is 5.69 Å². The molecule has 0 aliphatic carbocycles. The molecule has 1 amide bonds. The Kier molecular flexibility index (Phi) is 7.77. The maximum atomic E-state index is 12.5. The van der Waals surface area contributed by atoms with Gasteiger partial charge in [0.1, 0.15) is 5.75 Å². The first-order valence-corrected chi connectivity index (χ1v) is 11.6. The Morgan fingerprint density at radius 2 is 1.68 bits per heavy atom. The monoisotopic (exact) mass is 486 g/mol. The number of halogens is 2. The topological polar surface area (TPSA) is 102 Å². The predicted octanol–water partition coefficient (Wildman–Crippen LogP) is 3.34. The number of rotatable bonds is 8. The Morgan fingerprint density at radius 1 is 1.00 bits per heavy atom. The second-order valence-corrected chi connectivity index (χ2v) is 9.49. The number of sulfonamides is 1. The predicted molar refractivity (Wildman–Crippen MR) is 116 cm³/mol. The quantitative estimate of drug-likeness (QED) is 0.574. The lowest BCUT2D eigenvalue weighted by atomic mass is 10.3. The van der Waals surface area contributed by atoms with Crippen molar-refractivity contribution in [2.45, 2.75) is 17.7 Å². The molecule has 3 rings (SSSR count). The Bertz CT molecular complexity index is 1050. The number of nitrogens with one attached hydrogen (secondary N) is 1. The lowest BCUT2D eigenvalue weighted by Gasteiger charge is -2.15. The molecule has 2 aromatic rings. The maximum absolute atomic E-state index is 12.5. The van der Waals surface area contributed by atoms with Crippen molar-refractivity contribution < 1.29 is 27.5 Å². The summed E-state index contributed by atoms with van der Waals surface area (Å²) in [5, 5.41) is 3.21. The largest absolute Gasteiger partial charge is 0.480 e. The number of ether oxygens (including phenoxy) is 2. The van der Waals surface area contributed by atoms with E-state index in [1.54, 1.807) is 6.07 Å². The van der Waals surface area contributed by atoms with Gasteiger partial charge in [-0.25, -0.2) is 13.2 Å². The van der Waals surface area contributed by atoms with E-state index in [-0.39, 0.29) is 15.7 Å². The Hall–Kier alpha value is -2.33. The van der Waals surface area contributed by atoms with Crippen LogP contribution in [-0.4, -0.2) is 50.9 Å². The van der Waals surface area contributed by atoms with E-state index in [1.807, 2.05) is 0 Å². The SMILES string of the molecule is O=C(COC(=O)COc1ccc(Cl)cc1Cl)Nc1ccc(S(=O)(=O)N2CCCC2)cc1. The van der Waals surface area contributed by atoms with E-state index in [2.05, 4.69) is 5.32 Å². The van der Waals surface area contributed by atoms with E-state index in [1.165, 1.54) is 40.7 Å². The zero-order chi connectivity index (χ0) is 22.4. The number of anilines is 1. The highest BCUT2D eigenvalue weighted by atomic mass is 35.5. The summed E-state index contributed by atoms with van der Waals surface area (Å²) in [4.78, 5) is 23.9. The van der Waals surface area contributed by atoms with Gasteiger partial charge in [0.2, 0.25) is 10.0 Å². The fourth-order valence-electron chi connectivity index (χ4n) is 2.90. The number of esters is 1. The highest BCUT2D eigenvalue weighted by Gasteiger charge is 2.26. The Morgan fingerprint density at radius 3 is 2.32 bits per heavy atom. The van der Waals surface area contributed by atoms with Gasteiger partial charge in [0, 0.05) is 23.8 Å². The lowest BCUT2D eigenvalue weighted by molar-refractivity contribution is -0.149. The van der Waals surface area contributed by atoms with E-state index in [0.717, 1.165) is 12.8 Å². The number of hydrogen-bond donors (Lipinski definition) is 1. The van der Waals surface area contributed by atoms with E-state index in [0.29, 0.717) is 23.8 Å². The maximum Gasteiger partial charge on any atom is 0.344 e. The number of carbonyl (C=O) groups is 2. The second kappa shape index (κ2) is 10.3. The third-order valence-corrected chi connectivity index (χ3v) is 6.89. The fourth-order valence-corrected chi connectivity index (χ4v) is 4.88. The summed E-state index contributed by atoms with van der Waals surface area (Å²) >= 11 is 11.7. The summed E-state index contributed by atoms with van der Waals surface area (Å²) in [6.45, 7) is 0.0717. The molecule has 2 aromatic carbocycles. The Labute approximate surface area is 190 Å². The molecule has 1 saturated heterocycles. The van der Waals surface area contributed by atoms with Crippen LogP contribution < -0.4 is 10.1 Å². The minimum absolute atomic E-state index is 0.164. The van der Waals surface area contributed by atoms with Crippen LogP contribution in [0.25, 0.3) is 0 Å². The zero-order valence-corrected chi connectivity index (χ0v) is 18.7. The molecule has 0 spiro atoms. The molecule has 1 aliphatic rings. The highest BCUT2D eigenvalue weighted by molar-refractivity contribution is 7.89. The molecule has 166 valence electrons. The number of hydrogen-bond acceptors (Lipinski definition) is 6. The molecule has 0 radical (unpaired) electrons. The number of amides is 1. The van der Waals surface area contributed by atoms with Gasteiger partial charge in [-0.2, -0.15) is 4.31 Å². The van der Waals surface area contributed by atoms with Crippen LogP contribution in [0.15, 0.2) is 47.4 Å². The Balaban J connectivity index is 1.45. The molecule has 31 heavy (non-hydrogen) atoms. The van der Waals surface area contributed by atoms with Crippen LogP contribution in [0.1, 0.15) is 12.8 Å². The second-order valence-electron chi connectivity index (χ2n) is 6.71. The van der Waals surface area contributed by atoms with E-state index >= 15 is 0 Å². The standard InChI is InChI=1S/C20H20Cl2N2O6S/c21-14-3-8-18(17(22)11-14)29-13-20(26)30-12-19(25)23-15-4-6-16(7-5-15)31(27,28)24-9-1-2-10-24/h3-8,11H,1-2,9-10,12-13H2,(H,23,25). The van der Waals surface area contributed by atoms with Crippen LogP contribution in [-0.2, 0) is 24.3 Å². The minimum Gasteiger partial charge on any atom is -0.480 e. The van der Waals surface area contributed by atoms with Crippen molar-refractivity contribution in [1.29, 1.82) is 0 Å². The van der Waals surface area contributed by atoms with Gasteiger partial charge in [0.25, 0.3) is 5.91 Å². The average molecular weight is 487 g/mol. The normalized spacial score (nSPS) is 14.3. The van der Waals surface area contributed by atoms with Crippen molar-refractivity contribution in [3.05, 3.63) is 52.5 Å². The highest BCUT2D eigenvalue weighted by Crippen LogP contribution is 2.27. The summed E-state index contributed by atoms with van der Waals surface area (Å²) < 4.78 is 36.5. The molecule has 0 saturated carbocycles. The van der Waals surface area contributed by atoms with E-state index in [9.17, 15) is 18.0 Å². The first kappa shape index (κ1) is 23.3. The van der Waals surface area contributed by atoms with Crippen molar-refractivity contribution in [2.75, 3.05) is 31.6 Å². The fraction of sp³-hybridized carbons (Fsp3) is 0.300. The lowest BCUT2D eigenvalue weighted by Crippen LogP contribution is -2.27. The van der Waals surface area contributed by atoms with Crippen LogP contribution in [0.5, 0.6) is 5.75 Å². The summed E-state index contributed by atoms with van der Waals surface area (Å²) in [5.41, 5.74) is 0.380. The van der Waals surface area contributed by atoms with Crippen molar-refractivity contribution >= 4 is 50.8 Å². The molecule has 1 N–H and O–H groups in total. The van der Waals surface area contributed by atoms with Gasteiger partial charge in [0.15, 0.2) is 13.2 Å². The number of nitrogens with zero attached hydrogens (tertiary/aromatic N) is 1. The molecular formula is C20H20Cl2N2O6S. The van der Waals surface area contributed by atoms with Gasteiger partial charge in [-0.15, -0.1) is 0 Å². The summed E-state index contributed by atoms with van der Waals surface area (Å²) in [6.07, 6.45) is 1.70. The summed E-state index contributed by atoms with van der Waals surface area (Å²) in [5.74, 6) is -1.07. The molecule has 0 unspecified atom stereocenters. The molecule has 11 heteroatoms. The molecule has 0 atom stereocenters. The molecular weight excluding hydrogens is 467 g/mol. The van der Waals surface area contributed by atoms with Crippen LogP contribution in [0.3, 0.4) is 0 Å². The van der Waals surface area contributed by atoms with Gasteiger partial charge in [-0.3, -0.25) is 4.79 Å². The van der Waals surface area contributed by atoms with Crippen molar-refractivity contribution in [2.24, 2.45) is 0 Å². The summed E-state index contributed by atoms with van der Waals surface area (Å²) in [6, 6.07) is 10.4. The smallest absolute Gasteiger partial charge is 0.344 e. The van der Waals surface area contributed by atoms with Crippen LogP contribution >= 0.6 is 23.2 Å². The third kappa shape index (κ3) is 6.33. The van der Waals surface area contributed by atoms with Crippen LogP contribution in [0.2, 0.25) is 10.0 Å². The average Bonchev–Trinajstić information content (AvgIpc) is 3.28. The third-order valence-electron chi connectivity index (χ3n) is 4.44. The van der Waals surface area contributed by atoms with Crippen molar-refractivity contribution in [3.8, 4) is 5.75 Å². The van der Waals surface area contributed by atoms with Crippen molar-refractivity contribution in [1.82, 2.24) is 4.31 Å². The molecule has 0 bridgehead atoms. The van der Waals surface area contributed by atoms with Crippen LogP contribution in [0, 0.1) is 0 Å². The first-order chi connectivity index (χ1) is 14.8. The van der Waals surface area contributed by atoms with Gasteiger partial charge in [0.05, 0.1) is 9.92 Å². The first-order valence-electron chi connectivity index (χ1n) is 9.39. The van der Waals surface area contributed by atoms with E-state index in [4.69, 9.17) is 32.7 Å².